The van der Waals surface area contributed by atoms with E-state index in [-0.39, 0.29) is 11.8 Å². The topological polar surface area (TPSA) is 131 Å². The summed E-state index contributed by atoms with van der Waals surface area (Å²) in [7, 11) is 0. The molecule has 33 heavy (non-hydrogen) atoms. The lowest BCUT2D eigenvalue weighted by Crippen LogP contribution is -2.36. The third-order valence-electron chi connectivity index (χ3n) is 5.75. The summed E-state index contributed by atoms with van der Waals surface area (Å²) in [6.07, 6.45) is 2.97. The number of carbonyl (C=O) groups is 3. The van der Waals surface area contributed by atoms with E-state index in [1.165, 1.54) is 0 Å². The van der Waals surface area contributed by atoms with Gasteiger partial charge in [-0.15, -0.1) is 0 Å². The van der Waals surface area contributed by atoms with E-state index in [4.69, 9.17) is 23.1 Å². The van der Waals surface area contributed by atoms with Gasteiger partial charge in [0.1, 0.15) is 0 Å². The zero-order chi connectivity index (χ0) is 23.8. The molecule has 0 unspecified atom stereocenters. The molecule has 2 aromatic carbocycles. The lowest BCUT2D eigenvalue weighted by atomic mass is 9.92. The van der Waals surface area contributed by atoms with Crippen LogP contribution in [0.25, 0.3) is 0 Å². The molecule has 3 rings (SSSR count). The number of nitrogens with two attached hydrogens (primary N) is 2. The van der Waals surface area contributed by atoms with E-state index >= 15 is 0 Å². The first-order valence-electron chi connectivity index (χ1n) is 11.1. The smallest absolute Gasteiger partial charge is 0.255 e. The van der Waals surface area contributed by atoms with E-state index < -0.39 is 5.91 Å². The van der Waals surface area contributed by atoms with Crippen LogP contribution in [0, 0.1) is 5.92 Å². The number of benzene rings is 2. The van der Waals surface area contributed by atoms with Crippen molar-refractivity contribution in [3.8, 4) is 0 Å². The molecule has 1 saturated heterocycles. The fourth-order valence-electron chi connectivity index (χ4n) is 3.93. The van der Waals surface area contributed by atoms with Crippen LogP contribution in [0.4, 0.5) is 11.4 Å². The normalized spacial score (nSPS) is 14.1. The first-order chi connectivity index (χ1) is 15.9. The summed E-state index contributed by atoms with van der Waals surface area (Å²) >= 11 is 6.01. The Morgan fingerprint density at radius 3 is 2.48 bits per heavy atom. The molecule has 1 heterocycles. The fraction of sp³-hybridized carbons (Fsp3) is 0.375. The second-order valence-corrected chi connectivity index (χ2v) is 8.62. The van der Waals surface area contributed by atoms with Crippen LogP contribution in [0.15, 0.2) is 42.5 Å². The van der Waals surface area contributed by atoms with E-state index in [0.29, 0.717) is 47.3 Å². The average Bonchev–Trinajstić information content (AvgIpc) is 2.80. The van der Waals surface area contributed by atoms with Crippen LogP contribution in [0.5, 0.6) is 0 Å². The molecule has 8 nitrogen and oxygen atoms in total. The number of nitrogens with one attached hydrogen (secondary N) is 2. The maximum absolute atomic E-state index is 12.8. The highest BCUT2D eigenvalue weighted by Crippen LogP contribution is 2.32. The van der Waals surface area contributed by atoms with Gasteiger partial charge in [0.25, 0.3) is 5.91 Å². The molecule has 176 valence electrons. The maximum Gasteiger partial charge on any atom is 0.255 e. The number of piperidine rings is 1. The van der Waals surface area contributed by atoms with Crippen LogP contribution in [0.3, 0.4) is 0 Å². The largest absolute Gasteiger partial charge is 0.370 e. The summed E-state index contributed by atoms with van der Waals surface area (Å²) in [5.41, 5.74) is 13.0. The van der Waals surface area contributed by atoms with E-state index in [9.17, 15) is 14.4 Å². The molecule has 6 N–H and O–H groups in total. The second kappa shape index (κ2) is 11.7. The van der Waals surface area contributed by atoms with Crippen molar-refractivity contribution in [1.29, 1.82) is 0 Å². The molecule has 1 aliphatic heterocycles. The number of primary amides is 1. The Bertz CT molecular complexity index is 1010. The molecule has 0 radical (unpaired) electrons. The first kappa shape index (κ1) is 24.5. The predicted molar refractivity (Wildman–Crippen MR) is 131 cm³/mol. The molecular weight excluding hydrogens is 442 g/mol. The monoisotopic (exact) mass is 471 g/mol. The Hall–Kier alpha value is -3.10. The molecule has 1 aliphatic rings. The van der Waals surface area contributed by atoms with Gasteiger partial charge in [-0.05, 0) is 68.1 Å². The minimum absolute atomic E-state index is 0.0576. The summed E-state index contributed by atoms with van der Waals surface area (Å²) in [4.78, 5) is 38.8. The number of hydrogen-bond acceptors (Lipinski definition) is 5. The van der Waals surface area contributed by atoms with Crippen molar-refractivity contribution in [2.45, 2.75) is 25.7 Å². The Kier molecular flexibility index (Phi) is 8.68. The van der Waals surface area contributed by atoms with Crippen LogP contribution in [0.1, 0.15) is 46.4 Å². The van der Waals surface area contributed by atoms with Gasteiger partial charge >= 0.3 is 0 Å². The Balaban J connectivity index is 1.69. The highest BCUT2D eigenvalue weighted by atomic mass is 35.5. The summed E-state index contributed by atoms with van der Waals surface area (Å²) in [6.45, 7) is 2.63. The van der Waals surface area contributed by atoms with Gasteiger partial charge in [0.2, 0.25) is 11.8 Å². The fourth-order valence-corrected chi connectivity index (χ4v) is 4.12. The van der Waals surface area contributed by atoms with Crippen molar-refractivity contribution in [1.82, 2.24) is 5.32 Å². The molecule has 2 aromatic rings. The van der Waals surface area contributed by atoms with E-state index in [1.807, 2.05) is 0 Å². The maximum atomic E-state index is 12.8. The quantitative estimate of drug-likeness (QED) is 0.418. The lowest BCUT2D eigenvalue weighted by Gasteiger charge is -2.34. The number of hydrogen-bond donors (Lipinski definition) is 4. The molecule has 3 amide bonds. The summed E-state index contributed by atoms with van der Waals surface area (Å²) < 4.78 is 0. The predicted octanol–water partition coefficient (Wildman–Crippen LogP) is 2.76. The average molecular weight is 472 g/mol. The molecular formula is C24H30ClN5O3. The van der Waals surface area contributed by atoms with Crippen molar-refractivity contribution >= 4 is 40.7 Å². The number of rotatable bonds is 9. The zero-order valence-electron chi connectivity index (χ0n) is 18.5. The van der Waals surface area contributed by atoms with Crippen molar-refractivity contribution in [2.24, 2.45) is 17.4 Å². The number of amides is 3. The summed E-state index contributed by atoms with van der Waals surface area (Å²) in [5, 5.41) is 6.27. The standard InChI is InChI=1S/C24H30ClN5O3/c25-19-4-1-3-18(14-19)24(33)29-20-15-17(23(27)32)5-6-21(20)30-11-7-16(8-12-30)13-22(31)28-10-2-9-26/h1,3-6,14-16H,2,7-13,26H2,(H2,27,32)(H,28,31)(H,29,33). The Morgan fingerprint density at radius 1 is 1.06 bits per heavy atom. The van der Waals surface area contributed by atoms with E-state index in [0.717, 1.165) is 38.0 Å². The molecule has 0 aromatic heterocycles. The summed E-state index contributed by atoms with van der Waals surface area (Å²) in [5.74, 6) is -0.542. The molecule has 1 fully saturated rings. The van der Waals surface area contributed by atoms with Gasteiger partial charge in [0.15, 0.2) is 0 Å². The highest BCUT2D eigenvalue weighted by Gasteiger charge is 2.24. The Labute approximate surface area is 198 Å². The molecule has 9 heteroatoms. The third kappa shape index (κ3) is 6.94. The molecule has 0 bridgehead atoms. The van der Waals surface area contributed by atoms with Gasteiger partial charge in [0.05, 0.1) is 11.4 Å². The van der Waals surface area contributed by atoms with Crippen molar-refractivity contribution in [2.75, 3.05) is 36.4 Å². The van der Waals surface area contributed by atoms with Gasteiger partial charge in [-0.3, -0.25) is 14.4 Å². The molecule has 0 spiro atoms. The molecule has 0 atom stereocenters. The van der Waals surface area contributed by atoms with Gasteiger partial charge in [-0.25, -0.2) is 0 Å². The van der Waals surface area contributed by atoms with Crippen LogP contribution >= 0.6 is 11.6 Å². The zero-order valence-corrected chi connectivity index (χ0v) is 19.2. The van der Waals surface area contributed by atoms with Crippen LogP contribution in [-0.2, 0) is 4.79 Å². The van der Waals surface area contributed by atoms with Gasteiger partial charge < -0.3 is 27.0 Å². The first-order valence-corrected chi connectivity index (χ1v) is 11.5. The molecule has 0 saturated carbocycles. The van der Waals surface area contributed by atoms with Gasteiger partial charge in [-0.1, -0.05) is 17.7 Å². The van der Waals surface area contributed by atoms with Gasteiger partial charge in [0, 0.05) is 42.2 Å². The lowest BCUT2D eigenvalue weighted by molar-refractivity contribution is -0.122. The van der Waals surface area contributed by atoms with Crippen LogP contribution in [-0.4, -0.2) is 43.9 Å². The number of carbonyl (C=O) groups excluding carboxylic acids is 3. The Morgan fingerprint density at radius 2 is 1.82 bits per heavy atom. The minimum Gasteiger partial charge on any atom is -0.370 e. The minimum atomic E-state index is -0.570. The van der Waals surface area contributed by atoms with Crippen LogP contribution in [0.2, 0.25) is 5.02 Å². The summed E-state index contributed by atoms with van der Waals surface area (Å²) in [6, 6.07) is 11.7. The number of nitrogens with zero attached hydrogens (tertiary/aromatic N) is 1. The van der Waals surface area contributed by atoms with Crippen molar-refractivity contribution in [3.05, 3.63) is 58.6 Å². The van der Waals surface area contributed by atoms with E-state index in [2.05, 4.69) is 15.5 Å². The molecule has 0 aliphatic carbocycles. The second-order valence-electron chi connectivity index (χ2n) is 8.19. The SMILES string of the molecule is NCCCNC(=O)CC1CCN(c2ccc(C(N)=O)cc2NC(=O)c2cccc(Cl)c2)CC1. The van der Waals surface area contributed by atoms with Gasteiger partial charge in [-0.2, -0.15) is 0 Å². The third-order valence-corrected chi connectivity index (χ3v) is 5.98. The highest BCUT2D eigenvalue weighted by molar-refractivity contribution is 6.31. The number of halogens is 1. The van der Waals surface area contributed by atoms with Crippen molar-refractivity contribution in [3.63, 3.8) is 0 Å². The van der Waals surface area contributed by atoms with Crippen LogP contribution < -0.4 is 27.0 Å². The van der Waals surface area contributed by atoms with Crippen molar-refractivity contribution < 1.29 is 14.4 Å². The number of anilines is 2. The van der Waals surface area contributed by atoms with E-state index in [1.54, 1.807) is 42.5 Å².